The van der Waals surface area contributed by atoms with E-state index in [9.17, 15) is 0 Å². The zero-order valence-corrected chi connectivity index (χ0v) is 10.7. The summed E-state index contributed by atoms with van der Waals surface area (Å²) < 4.78 is 5.27. The quantitative estimate of drug-likeness (QED) is 0.781. The van der Waals surface area contributed by atoms with E-state index in [2.05, 4.69) is 30.9 Å². The lowest BCUT2D eigenvalue weighted by Crippen LogP contribution is -2.49. The first-order valence-electron chi connectivity index (χ1n) is 6.14. The van der Waals surface area contributed by atoms with Crippen LogP contribution in [0.25, 0.3) is 0 Å². The molecule has 88 valence electrons. The van der Waals surface area contributed by atoms with Gasteiger partial charge in [0.2, 0.25) is 0 Å². The highest BCUT2D eigenvalue weighted by atomic mass is 32.2. The fourth-order valence-electron chi connectivity index (χ4n) is 2.46. The van der Waals surface area contributed by atoms with Crippen molar-refractivity contribution < 1.29 is 4.74 Å². The number of hydrogen-bond acceptors (Lipinski definition) is 3. The van der Waals surface area contributed by atoms with Crippen molar-refractivity contribution in [2.75, 3.05) is 25.5 Å². The smallest absolute Gasteiger partial charge is 0.0554 e. The molecule has 0 radical (unpaired) electrons. The molecule has 1 heterocycles. The number of rotatable bonds is 5. The molecular formula is C12H23NOS. The van der Waals surface area contributed by atoms with Crippen LogP contribution in [0.1, 0.15) is 33.1 Å². The first-order chi connectivity index (χ1) is 7.22. The van der Waals surface area contributed by atoms with Gasteiger partial charge in [-0.2, -0.15) is 11.8 Å². The van der Waals surface area contributed by atoms with E-state index in [1.807, 2.05) is 0 Å². The minimum atomic E-state index is 0.427. The van der Waals surface area contributed by atoms with Gasteiger partial charge in [-0.15, -0.1) is 0 Å². The summed E-state index contributed by atoms with van der Waals surface area (Å²) in [5.74, 6) is 1.27. The van der Waals surface area contributed by atoms with Crippen molar-refractivity contribution in [2.45, 2.75) is 44.4 Å². The molecule has 1 aliphatic heterocycles. The molecule has 0 aromatic carbocycles. The second kappa shape index (κ2) is 5.07. The van der Waals surface area contributed by atoms with Crippen molar-refractivity contribution in [2.24, 2.45) is 5.41 Å². The number of hydrogen-bond donors (Lipinski definition) is 1. The van der Waals surface area contributed by atoms with E-state index in [1.54, 1.807) is 0 Å². The molecule has 3 heteroatoms. The number of nitrogens with one attached hydrogen (secondary N) is 1. The van der Waals surface area contributed by atoms with Gasteiger partial charge in [-0.1, -0.05) is 13.8 Å². The van der Waals surface area contributed by atoms with E-state index in [0.29, 0.717) is 5.41 Å². The van der Waals surface area contributed by atoms with Crippen LogP contribution in [-0.4, -0.2) is 36.8 Å². The van der Waals surface area contributed by atoms with E-state index >= 15 is 0 Å². The largest absolute Gasteiger partial charge is 0.380 e. The Balaban J connectivity index is 1.64. The van der Waals surface area contributed by atoms with Crippen LogP contribution < -0.4 is 5.32 Å². The Morgan fingerprint density at radius 2 is 2.20 bits per heavy atom. The monoisotopic (exact) mass is 229 g/mol. The van der Waals surface area contributed by atoms with Gasteiger partial charge in [0.1, 0.15) is 0 Å². The van der Waals surface area contributed by atoms with Crippen LogP contribution in [0, 0.1) is 5.41 Å². The summed E-state index contributed by atoms with van der Waals surface area (Å²) in [5, 5.41) is 4.63. The molecule has 1 aliphatic carbocycles. The lowest BCUT2D eigenvalue weighted by atomic mass is 9.88. The normalized spacial score (nSPS) is 34.0. The molecule has 2 aliphatic rings. The molecule has 1 saturated heterocycles. The van der Waals surface area contributed by atoms with Gasteiger partial charge in [-0.3, -0.25) is 0 Å². The predicted octanol–water partition coefficient (Wildman–Crippen LogP) is 2.29. The third kappa shape index (κ3) is 3.11. The molecular weight excluding hydrogens is 206 g/mol. The van der Waals surface area contributed by atoms with Crippen molar-refractivity contribution in [3.8, 4) is 0 Å². The van der Waals surface area contributed by atoms with Gasteiger partial charge in [-0.25, -0.2) is 0 Å². The van der Waals surface area contributed by atoms with Gasteiger partial charge < -0.3 is 10.1 Å². The number of thioether (sulfide) groups is 1. The van der Waals surface area contributed by atoms with Gasteiger partial charge >= 0.3 is 0 Å². The Labute approximate surface area is 97.5 Å². The molecule has 2 atom stereocenters. The van der Waals surface area contributed by atoms with Gasteiger partial charge in [0.25, 0.3) is 0 Å². The van der Waals surface area contributed by atoms with Gasteiger partial charge in [0.05, 0.1) is 13.2 Å². The molecule has 2 unspecified atom stereocenters. The summed E-state index contributed by atoms with van der Waals surface area (Å²) in [7, 11) is 0. The molecule has 1 saturated carbocycles. The third-order valence-electron chi connectivity index (χ3n) is 3.51. The molecule has 1 N–H and O–H groups in total. The zero-order valence-electron chi connectivity index (χ0n) is 9.92. The second-order valence-electron chi connectivity index (χ2n) is 5.27. The van der Waals surface area contributed by atoms with Crippen LogP contribution in [0.5, 0.6) is 0 Å². The summed E-state index contributed by atoms with van der Waals surface area (Å²) in [5.41, 5.74) is 0.427. The highest BCUT2D eigenvalue weighted by molar-refractivity contribution is 7.99. The van der Waals surface area contributed by atoms with E-state index in [1.165, 1.54) is 25.0 Å². The molecule has 2 nitrogen and oxygen atoms in total. The fraction of sp³-hybridized carbons (Fsp3) is 1.00. The predicted molar refractivity (Wildman–Crippen MR) is 66.5 cm³/mol. The SMILES string of the molecule is CCSC1CCC(NCC2(C)COC2)C1. The van der Waals surface area contributed by atoms with Crippen LogP contribution in [-0.2, 0) is 4.74 Å². The third-order valence-corrected chi connectivity index (χ3v) is 4.74. The van der Waals surface area contributed by atoms with Crippen molar-refractivity contribution in [1.29, 1.82) is 0 Å². The van der Waals surface area contributed by atoms with Crippen LogP contribution in [0.3, 0.4) is 0 Å². The Morgan fingerprint density at radius 3 is 2.80 bits per heavy atom. The maximum Gasteiger partial charge on any atom is 0.0554 e. The summed E-state index contributed by atoms with van der Waals surface area (Å²) in [6.45, 7) is 7.61. The highest BCUT2D eigenvalue weighted by Crippen LogP contribution is 2.31. The van der Waals surface area contributed by atoms with Crippen LogP contribution in [0.4, 0.5) is 0 Å². The average Bonchev–Trinajstić information content (AvgIpc) is 2.60. The van der Waals surface area contributed by atoms with Crippen LogP contribution in [0.2, 0.25) is 0 Å². The maximum absolute atomic E-state index is 5.27. The standard InChI is InChI=1S/C12H23NOS/c1-3-15-11-5-4-10(6-11)13-7-12(2)8-14-9-12/h10-11,13H,3-9H2,1-2H3. The fourth-order valence-corrected chi connectivity index (χ4v) is 3.60. The molecule has 2 fully saturated rings. The summed E-state index contributed by atoms with van der Waals surface area (Å²) in [6.07, 6.45) is 4.15. The van der Waals surface area contributed by atoms with Crippen molar-refractivity contribution in [3.05, 3.63) is 0 Å². The van der Waals surface area contributed by atoms with Crippen molar-refractivity contribution in [1.82, 2.24) is 5.32 Å². The Kier molecular flexibility index (Phi) is 3.97. The first-order valence-corrected chi connectivity index (χ1v) is 7.19. The lowest BCUT2D eigenvalue weighted by Gasteiger charge is -2.39. The van der Waals surface area contributed by atoms with Crippen LogP contribution in [0.15, 0.2) is 0 Å². The highest BCUT2D eigenvalue weighted by Gasteiger charge is 2.34. The van der Waals surface area contributed by atoms with Gasteiger partial charge in [0.15, 0.2) is 0 Å². The zero-order chi connectivity index (χ0) is 10.7. The van der Waals surface area contributed by atoms with Crippen molar-refractivity contribution >= 4 is 11.8 Å². The summed E-state index contributed by atoms with van der Waals surface area (Å²) >= 11 is 2.13. The molecule has 15 heavy (non-hydrogen) atoms. The van der Waals surface area contributed by atoms with E-state index in [-0.39, 0.29) is 0 Å². The Hall–Kier alpha value is 0.270. The van der Waals surface area contributed by atoms with Crippen LogP contribution >= 0.6 is 11.8 Å². The minimum absolute atomic E-state index is 0.427. The van der Waals surface area contributed by atoms with E-state index < -0.39 is 0 Å². The summed E-state index contributed by atoms with van der Waals surface area (Å²) in [4.78, 5) is 0. The summed E-state index contributed by atoms with van der Waals surface area (Å²) in [6, 6.07) is 0.770. The van der Waals surface area contributed by atoms with E-state index in [0.717, 1.165) is 31.1 Å². The Morgan fingerprint density at radius 1 is 1.40 bits per heavy atom. The lowest BCUT2D eigenvalue weighted by molar-refractivity contribution is -0.0999. The van der Waals surface area contributed by atoms with Crippen molar-refractivity contribution in [3.63, 3.8) is 0 Å². The van der Waals surface area contributed by atoms with Gasteiger partial charge in [0, 0.05) is 23.3 Å². The maximum atomic E-state index is 5.27. The molecule has 0 aromatic rings. The molecule has 0 aromatic heterocycles. The molecule has 2 rings (SSSR count). The van der Waals surface area contributed by atoms with E-state index in [4.69, 9.17) is 4.74 Å². The van der Waals surface area contributed by atoms with Gasteiger partial charge in [-0.05, 0) is 25.0 Å². The number of ether oxygens (including phenoxy) is 1. The second-order valence-corrected chi connectivity index (χ2v) is 6.85. The molecule has 0 amide bonds. The topological polar surface area (TPSA) is 21.3 Å². The Bertz CT molecular complexity index is 206. The first kappa shape index (κ1) is 11.7. The minimum Gasteiger partial charge on any atom is -0.380 e. The molecule has 0 bridgehead atoms. The average molecular weight is 229 g/mol. The molecule has 0 spiro atoms.